The molecular weight excluding hydrogens is 478 g/mol. The summed E-state index contributed by atoms with van der Waals surface area (Å²) in [6, 6.07) is 0. The van der Waals surface area contributed by atoms with Gasteiger partial charge < -0.3 is 15.3 Å². The SMILES string of the molecule is C=C1/C(=C\C=C2/CCC[C@]3(C)[C@@H]([C@H](C)/C=C/[C@H](O)C4(c5ncc(CC)s5)CC4)CC[C@@H]23)C[C@@H](O)C[C@@H]1O. The number of hydrogen-bond donors (Lipinski definition) is 3. The molecule has 0 aromatic carbocycles. The standard InChI is InChI=1S/C32H45NO3S/c1-5-25-19-33-30(37-25)32(15-16-32)29(36)13-8-20(2)26-11-12-27-22(7-6-14-31(26,27)4)9-10-23-17-24(34)18-28(35)21(23)3/h8-10,13,19-20,24,26-29,34-36H,3,5-7,11-12,14-18H2,1-2,4H3/b13-8+,22-9+,23-10-/t20-,24-,26-,27+,28+,29+,31-/m1/s1. The first kappa shape index (κ1) is 27.1. The second-order valence-electron chi connectivity index (χ2n) is 12.5. The smallest absolute Gasteiger partial charge is 0.102 e. The summed E-state index contributed by atoms with van der Waals surface area (Å²) in [7, 11) is 0. The van der Waals surface area contributed by atoms with Crippen LogP contribution in [-0.2, 0) is 11.8 Å². The number of rotatable bonds is 7. The molecule has 0 spiro atoms. The molecule has 5 rings (SSSR count). The van der Waals surface area contributed by atoms with Crippen LogP contribution >= 0.6 is 11.3 Å². The molecule has 1 heterocycles. The summed E-state index contributed by atoms with van der Waals surface area (Å²) in [4.78, 5) is 5.96. The summed E-state index contributed by atoms with van der Waals surface area (Å²) in [6.07, 6.45) is 19.2. The molecule has 4 nitrogen and oxygen atoms in total. The van der Waals surface area contributed by atoms with Gasteiger partial charge in [0, 0.05) is 17.5 Å². The first-order valence-electron chi connectivity index (χ1n) is 14.4. The van der Waals surface area contributed by atoms with Gasteiger partial charge in [-0.25, -0.2) is 4.98 Å². The van der Waals surface area contributed by atoms with Crippen LogP contribution in [0.1, 0.15) is 88.4 Å². The molecule has 0 saturated heterocycles. The minimum atomic E-state index is -0.636. The number of aromatic nitrogens is 1. The minimum absolute atomic E-state index is 0.158. The highest BCUT2D eigenvalue weighted by molar-refractivity contribution is 7.11. The third kappa shape index (κ3) is 5.09. The van der Waals surface area contributed by atoms with Crippen molar-refractivity contribution in [1.82, 2.24) is 4.98 Å². The summed E-state index contributed by atoms with van der Waals surface area (Å²) in [5, 5.41) is 32.6. The van der Waals surface area contributed by atoms with E-state index >= 15 is 0 Å². The molecule has 4 aliphatic carbocycles. The summed E-state index contributed by atoms with van der Waals surface area (Å²) in [5.74, 6) is 1.60. The quantitative estimate of drug-likeness (QED) is 0.360. The van der Waals surface area contributed by atoms with Gasteiger partial charge in [0.15, 0.2) is 0 Å². The number of allylic oxidation sites excluding steroid dienone is 4. The molecule has 0 aliphatic heterocycles. The maximum absolute atomic E-state index is 11.2. The normalized spacial score (nSPS) is 37.3. The Labute approximate surface area is 226 Å². The van der Waals surface area contributed by atoms with E-state index in [0.717, 1.165) is 41.8 Å². The Balaban J connectivity index is 1.28. The zero-order valence-electron chi connectivity index (χ0n) is 22.8. The van der Waals surface area contributed by atoms with Gasteiger partial charge in [-0.05, 0) is 92.1 Å². The number of aliphatic hydroxyl groups excluding tert-OH is 3. The van der Waals surface area contributed by atoms with Gasteiger partial charge in [-0.15, -0.1) is 11.3 Å². The van der Waals surface area contributed by atoms with Crippen LogP contribution in [0.4, 0.5) is 0 Å². The number of thiazole rings is 1. The molecule has 202 valence electrons. The highest BCUT2D eigenvalue weighted by atomic mass is 32.1. The molecule has 37 heavy (non-hydrogen) atoms. The highest BCUT2D eigenvalue weighted by Gasteiger charge is 2.53. The fourth-order valence-corrected chi connectivity index (χ4v) is 8.81. The van der Waals surface area contributed by atoms with Crippen molar-refractivity contribution in [3.8, 4) is 0 Å². The minimum Gasteiger partial charge on any atom is -0.393 e. The first-order chi connectivity index (χ1) is 17.7. The topological polar surface area (TPSA) is 73.6 Å². The van der Waals surface area contributed by atoms with Crippen LogP contribution < -0.4 is 0 Å². The average Bonchev–Trinajstić information content (AvgIpc) is 3.39. The number of aryl methyl sites for hydroxylation is 1. The fraction of sp³-hybridized carbons (Fsp3) is 0.656. The van der Waals surface area contributed by atoms with Gasteiger partial charge >= 0.3 is 0 Å². The number of aliphatic hydroxyl groups is 3. The van der Waals surface area contributed by atoms with Crippen LogP contribution in [0.3, 0.4) is 0 Å². The monoisotopic (exact) mass is 523 g/mol. The van der Waals surface area contributed by atoms with E-state index in [-0.39, 0.29) is 10.8 Å². The Bertz CT molecular complexity index is 1100. The maximum atomic E-state index is 11.2. The molecule has 1 aromatic heterocycles. The summed E-state index contributed by atoms with van der Waals surface area (Å²) in [6.45, 7) is 11.1. The van der Waals surface area contributed by atoms with Crippen LogP contribution in [0, 0.1) is 23.2 Å². The third-order valence-corrected chi connectivity index (χ3v) is 11.6. The first-order valence-corrected chi connectivity index (χ1v) is 15.3. The van der Waals surface area contributed by atoms with Crippen molar-refractivity contribution < 1.29 is 15.3 Å². The maximum Gasteiger partial charge on any atom is 0.102 e. The molecule has 4 aliphatic rings. The van der Waals surface area contributed by atoms with Crippen LogP contribution in [0.25, 0.3) is 0 Å². The lowest BCUT2D eigenvalue weighted by Gasteiger charge is -2.44. The lowest BCUT2D eigenvalue weighted by atomic mass is 9.61. The van der Waals surface area contributed by atoms with Gasteiger partial charge in [-0.1, -0.05) is 57.2 Å². The number of fused-ring (bicyclic) bond motifs is 1. The molecule has 0 amide bonds. The van der Waals surface area contributed by atoms with Crippen molar-refractivity contribution in [3.63, 3.8) is 0 Å². The number of hydrogen-bond acceptors (Lipinski definition) is 5. The largest absolute Gasteiger partial charge is 0.393 e. The van der Waals surface area contributed by atoms with Gasteiger partial charge in [0.1, 0.15) is 5.01 Å². The van der Waals surface area contributed by atoms with Crippen LogP contribution in [0.2, 0.25) is 0 Å². The molecule has 0 bridgehead atoms. The summed E-state index contributed by atoms with van der Waals surface area (Å²) >= 11 is 1.77. The molecule has 0 radical (unpaired) electrons. The fourth-order valence-electron chi connectivity index (χ4n) is 7.68. The lowest BCUT2D eigenvalue weighted by Crippen LogP contribution is -2.35. The van der Waals surface area contributed by atoms with Crippen molar-refractivity contribution in [2.24, 2.45) is 23.2 Å². The van der Waals surface area contributed by atoms with E-state index in [4.69, 9.17) is 0 Å². The molecule has 4 saturated carbocycles. The van der Waals surface area contributed by atoms with E-state index in [1.54, 1.807) is 11.3 Å². The van der Waals surface area contributed by atoms with Gasteiger partial charge in [-0.3, -0.25) is 0 Å². The van der Waals surface area contributed by atoms with Crippen molar-refractivity contribution >= 4 is 11.3 Å². The van der Waals surface area contributed by atoms with Gasteiger partial charge in [0.2, 0.25) is 0 Å². The predicted molar refractivity (Wildman–Crippen MR) is 151 cm³/mol. The summed E-state index contributed by atoms with van der Waals surface area (Å²) in [5.41, 5.74) is 3.39. The Morgan fingerprint density at radius 1 is 1.19 bits per heavy atom. The molecule has 5 heteroatoms. The Hall–Kier alpha value is -1.53. The van der Waals surface area contributed by atoms with Crippen molar-refractivity contribution in [2.75, 3.05) is 0 Å². The van der Waals surface area contributed by atoms with Crippen molar-refractivity contribution in [1.29, 1.82) is 0 Å². The van der Waals surface area contributed by atoms with E-state index in [9.17, 15) is 15.3 Å². The number of nitrogens with zero attached hydrogens (tertiary/aromatic N) is 1. The van der Waals surface area contributed by atoms with Crippen LogP contribution in [0.15, 0.2) is 53.8 Å². The highest BCUT2D eigenvalue weighted by Crippen LogP contribution is 2.60. The second kappa shape index (κ2) is 10.6. The Kier molecular flexibility index (Phi) is 7.72. The second-order valence-corrected chi connectivity index (χ2v) is 13.6. The Morgan fingerprint density at radius 2 is 1.97 bits per heavy atom. The lowest BCUT2D eigenvalue weighted by molar-refractivity contribution is 0.0862. The zero-order valence-corrected chi connectivity index (χ0v) is 23.6. The molecule has 3 N–H and O–H groups in total. The van der Waals surface area contributed by atoms with E-state index in [0.29, 0.717) is 30.6 Å². The van der Waals surface area contributed by atoms with Crippen LogP contribution in [0.5, 0.6) is 0 Å². The van der Waals surface area contributed by atoms with Crippen molar-refractivity contribution in [2.45, 2.75) is 109 Å². The van der Waals surface area contributed by atoms with E-state index < -0.39 is 18.3 Å². The molecule has 0 unspecified atom stereocenters. The summed E-state index contributed by atoms with van der Waals surface area (Å²) < 4.78 is 0. The Morgan fingerprint density at radius 3 is 2.68 bits per heavy atom. The van der Waals surface area contributed by atoms with Gasteiger partial charge in [0.05, 0.1) is 23.7 Å². The molecule has 7 atom stereocenters. The van der Waals surface area contributed by atoms with E-state index in [1.165, 1.54) is 36.1 Å². The molecule has 4 fully saturated rings. The third-order valence-electron chi connectivity index (χ3n) is 10.2. The average molecular weight is 524 g/mol. The zero-order chi connectivity index (χ0) is 26.4. The van der Waals surface area contributed by atoms with Crippen molar-refractivity contribution in [3.05, 3.63) is 63.7 Å². The predicted octanol–water partition coefficient (Wildman–Crippen LogP) is 6.43. The van der Waals surface area contributed by atoms with Gasteiger partial charge in [-0.2, -0.15) is 0 Å². The van der Waals surface area contributed by atoms with E-state index in [1.807, 2.05) is 6.20 Å². The molecular formula is C32H45NO3S. The van der Waals surface area contributed by atoms with Crippen LogP contribution in [-0.4, -0.2) is 38.6 Å². The molecule has 1 aromatic rings. The van der Waals surface area contributed by atoms with Gasteiger partial charge in [0.25, 0.3) is 0 Å². The van der Waals surface area contributed by atoms with E-state index in [2.05, 4.69) is 56.6 Å².